The maximum atomic E-state index is 5.42. The molecule has 1 aliphatic heterocycles. The van der Waals surface area contributed by atoms with Gasteiger partial charge in [0, 0.05) is 24.2 Å². The fourth-order valence-electron chi connectivity index (χ4n) is 1.71. The van der Waals surface area contributed by atoms with Gasteiger partial charge in [0.05, 0.1) is 13.2 Å². The van der Waals surface area contributed by atoms with E-state index in [2.05, 4.69) is 23.3 Å². The zero-order valence-corrected chi connectivity index (χ0v) is 9.72. The summed E-state index contributed by atoms with van der Waals surface area (Å²) in [6.07, 6.45) is 5.03. The summed E-state index contributed by atoms with van der Waals surface area (Å²) in [5.41, 5.74) is 1.35. The minimum atomic E-state index is 0.468. The van der Waals surface area contributed by atoms with E-state index in [-0.39, 0.29) is 0 Å². The molecule has 82 valence electrons. The highest BCUT2D eigenvalue weighted by Crippen LogP contribution is 2.14. The lowest BCUT2D eigenvalue weighted by atomic mass is 10.1. The van der Waals surface area contributed by atoms with Crippen molar-refractivity contribution in [3.8, 4) is 0 Å². The molecule has 0 bridgehead atoms. The van der Waals surface area contributed by atoms with Gasteiger partial charge in [-0.25, -0.2) is 4.98 Å². The number of ether oxygens (including phenoxy) is 1. The first-order chi connectivity index (χ1) is 7.34. The Morgan fingerprint density at radius 3 is 3.40 bits per heavy atom. The number of thiazole rings is 1. The highest BCUT2D eigenvalue weighted by molar-refractivity contribution is 7.10. The van der Waals surface area contributed by atoms with Crippen molar-refractivity contribution >= 4 is 17.4 Å². The largest absolute Gasteiger partial charge is 0.379 e. The van der Waals surface area contributed by atoms with Crippen molar-refractivity contribution in [2.45, 2.75) is 19.4 Å². The predicted octanol–water partition coefficient (Wildman–Crippen LogP) is 1.92. The molecule has 3 nitrogen and oxygen atoms in total. The number of aromatic nitrogens is 1. The molecular weight excluding hydrogens is 208 g/mol. The Hall–Kier alpha value is -0.710. The third-order valence-corrected chi connectivity index (χ3v) is 3.11. The molecule has 1 N–H and O–H groups in total. The number of nitrogens with one attached hydrogen (secondary N) is 1. The van der Waals surface area contributed by atoms with Crippen LogP contribution < -0.4 is 5.32 Å². The topological polar surface area (TPSA) is 34.1 Å². The van der Waals surface area contributed by atoms with Crippen LogP contribution in [0.2, 0.25) is 0 Å². The maximum Gasteiger partial charge on any atom is 0.115 e. The summed E-state index contributed by atoms with van der Waals surface area (Å²) in [5.74, 6) is 0. The van der Waals surface area contributed by atoms with Crippen LogP contribution in [0.3, 0.4) is 0 Å². The summed E-state index contributed by atoms with van der Waals surface area (Å²) in [4.78, 5) is 4.24. The van der Waals surface area contributed by atoms with Crippen molar-refractivity contribution in [3.63, 3.8) is 0 Å². The Balaban J connectivity index is 1.88. The quantitative estimate of drug-likeness (QED) is 0.852. The van der Waals surface area contributed by atoms with Crippen molar-refractivity contribution in [3.05, 3.63) is 22.2 Å². The molecule has 1 aliphatic rings. The monoisotopic (exact) mass is 224 g/mol. The molecule has 0 aliphatic carbocycles. The molecule has 2 heterocycles. The van der Waals surface area contributed by atoms with Gasteiger partial charge in [-0.05, 0) is 19.4 Å². The summed E-state index contributed by atoms with van der Waals surface area (Å²) < 4.78 is 5.42. The SMILES string of the molecule is C/C(=C/c1nccs1)CC1COCCN1. The lowest BCUT2D eigenvalue weighted by Crippen LogP contribution is -2.41. The first kappa shape index (κ1) is 10.8. The van der Waals surface area contributed by atoms with Crippen LogP contribution in [0.1, 0.15) is 18.4 Å². The van der Waals surface area contributed by atoms with E-state index in [1.807, 2.05) is 11.6 Å². The van der Waals surface area contributed by atoms with Gasteiger partial charge in [0.25, 0.3) is 0 Å². The van der Waals surface area contributed by atoms with E-state index in [1.165, 1.54) is 5.57 Å². The van der Waals surface area contributed by atoms with E-state index in [4.69, 9.17) is 4.74 Å². The Bertz CT molecular complexity index is 315. The number of nitrogens with zero attached hydrogens (tertiary/aromatic N) is 1. The minimum absolute atomic E-state index is 0.468. The van der Waals surface area contributed by atoms with Gasteiger partial charge in [0.15, 0.2) is 0 Å². The van der Waals surface area contributed by atoms with Gasteiger partial charge in [-0.1, -0.05) is 5.57 Å². The van der Waals surface area contributed by atoms with E-state index in [9.17, 15) is 0 Å². The average Bonchev–Trinajstić information content (AvgIpc) is 2.71. The molecule has 1 saturated heterocycles. The lowest BCUT2D eigenvalue weighted by Gasteiger charge is -2.23. The van der Waals surface area contributed by atoms with Crippen molar-refractivity contribution in [1.82, 2.24) is 10.3 Å². The molecule has 1 unspecified atom stereocenters. The van der Waals surface area contributed by atoms with Crippen molar-refractivity contribution in [2.24, 2.45) is 0 Å². The summed E-state index contributed by atoms with van der Waals surface area (Å²) >= 11 is 1.67. The normalized spacial score (nSPS) is 23.0. The second kappa shape index (κ2) is 5.39. The lowest BCUT2D eigenvalue weighted by molar-refractivity contribution is 0.0771. The Labute approximate surface area is 94.2 Å². The standard InChI is InChI=1S/C11H16N2OS/c1-9(7-11-13-3-5-15-11)6-10-8-14-4-2-12-10/h3,5,7,10,12H,2,4,6,8H2,1H3/b9-7-. The second-order valence-corrected chi connectivity index (χ2v) is 4.72. The van der Waals surface area contributed by atoms with Crippen molar-refractivity contribution < 1.29 is 4.74 Å². The third-order valence-electron chi connectivity index (χ3n) is 2.39. The summed E-state index contributed by atoms with van der Waals surface area (Å²) in [6.45, 7) is 4.78. The van der Waals surface area contributed by atoms with Crippen LogP contribution >= 0.6 is 11.3 Å². The van der Waals surface area contributed by atoms with Gasteiger partial charge < -0.3 is 10.1 Å². The first-order valence-corrected chi connectivity index (χ1v) is 6.10. The number of hydrogen-bond acceptors (Lipinski definition) is 4. The summed E-state index contributed by atoms with van der Waals surface area (Å²) in [7, 11) is 0. The molecule has 2 rings (SSSR count). The van der Waals surface area contributed by atoms with E-state index in [1.54, 1.807) is 11.3 Å². The summed E-state index contributed by atoms with van der Waals surface area (Å²) in [6, 6.07) is 0.468. The van der Waals surface area contributed by atoms with Crippen molar-refractivity contribution in [1.29, 1.82) is 0 Å². The maximum absolute atomic E-state index is 5.42. The number of rotatable bonds is 3. The van der Waals surface area contributed by atoms with Gasteiger partial charge in [0.1, 0.15) is 5.01 Å². The molecular formula is C11H16N2OS. The third kappa shape index (κ3) is 3.41. The van der Waals surface area contributed by atoms with Crippen LogP contribution in [-0.2, 0) is 4.74 Å². The first-order valence-electron chi connectivity index (χ1n) is 5.22. The fraction of sp³-hybridized carbons (Fsp3) is 0.545. The van der Waals surface area contributed by atoms with Crippen molar-refractivity contribution in [2.75, 3.05) is 19.8 Å². The van der Waals surface area contributed by atoms with Gasteiger partial charge in [-0.2, -0.15) is 0 Å². The van der Waals surface area contributed by atoms with Gasteiger partial charge in [-0.15, -0.1) is 11.3 Å². The van der Waals surface area contributed by atoms with E-state index in [0.29, 0.717) is 6.04 Å². The molecule has 1 atom stereocenters. The number of morpholine rings is 1. The van der Waals surface area contributed by atoms with Gasteiger partial charge in [-0.3, -0.25) is 0 Å². The molecule has 0 spiro atoms. The molecule has 15 heavy (non-hydrogen) atoms. The zero-order chi connectivity index (χ0) is 10.5. The van der Waals surface area contributed by atoms with E-state index < -0.39 is 0 Å². The van der Waals surface area contributed by atoms with Crippen LogP contribution in [0.25, 0.3) is 6.08 Å². The van der Waals surface area contributed by atoms with Crippen LogP contribution in [0.15, 0.2) is 17.2 Å². The van der Waals surface area contributed by atoms with Gasteiger partial charge >= 0.3 is 0 Å². The zero-order valence-electron chi connectivity index (χ0n) is 8.90. The molecule has 0 saturated carbocycles. The Kier molecular flexibility index (Phi) is 3.88. The van der Waals surface area contributed by atoms with Crippen LogP contribution in [0.4, 0.5) is 0 Å². The molecule has 1 aromatic rings. The number of hydrogen-bond donors (Lipinski definition) is 1. The molecule has 0 aromatic carbocycles. The van der Waals surface area contributed by atoms with Crippen LogP contribution in [-0.4, -0.2) is 30.8 Å². The molecule has 0 amide bonds. The molecule has 0 radical (unpaired) electrons. The molecule has 1 aromatic heterocycles. The van der Waals surface area contributed by atoms with E-state index >= 15 is 0 Å². The second-order valence-electron chi connectivity index (χ2n) is 3.79. The smallest absolute Gasteiger partial charge is 0.115 e. The predicted molar refractivity (Wildman–Crippen MR) is 63.0 cm³/mol. The Morgan fingerprint density at radius 1 is 1.80 bits per heavy atom. The highest BCUT2D eigenvalue weighted by atomic mass is 32.1. The van der Waals surface area contributed by atoms with E-state index in [0.717, 1.165) is 31.2 Å². The van der Waals surface area contributed by atoms with Gasteiger partial charge in [0.2, 0.25) is 0 Å². The summed E-state index contributed by atoms with van der Waals surface area (Å²) in [5, 5.41) is 6.54. The van der Waals surface area contributed by atoms with Crippen LogP contribution in [0, 0.1) is 0 Å². The highest BCUT2D eigenvalue weighted by Gasteiger charge is 2.12. The Morgan fingerprint density at radius 2 is 2.73 bits per heavy atom. The minimum Gasteiger partial charge on any atom is -0.379 e. The molecule has 4 heteroatoms. The fourth-order valence-corrected chi connectivity index (χ4v) is 2.37. The van der Waals surface area contributed by atoms with Crippen LogP contribution in [0.5, 0.6) is 0 Å². The molecule has 1 fully saturated rings. The average molecular weight is 224 g/mol.